The summed E-state index contributed by atoms with van der Waals surface area (Å²) in [5, 5.41) is 8.78. The van der Waals surface area contributed by atoms with Crippen LogP contribution in [0.25, 0.3) is 0 Å². The Morgan fingerprint density at radius 1 is 1.50 bits per heavy atom. The summed E-state index contributed by atoms with van der Waals surface area (Å²) in [6.07, 6.45) is 7.78. The standard InChI is InChI=1S/C13H19N3O2/c17-13(18)5-4-12-3-1-2-8-16(12)9-11-6-7-14-10-15-11/h6-7,10,12H,1-5,8-9H2,(H,17,18). The topological polar surface area (TPSA) is 66.3 Å². The zero-order valence-corrected chi connectivity index (χ0v) is 10.5. The summed E-state index contributed by atoms with van der Waals surface area (Å²) in [5.41, 5.74) is 1.01. The predicted octanol–water partition coefficient (Wildman–Crippen LogP) is 1.70. The summed E-state index contributed by atoms with van der Waals surface area (Å²) in [5.74, 6) is -0.706. The highest BCUT2D eigenvalue weighted by atomic mass is 16.4. The van der Waals surface area contributed by atoms with Gasteiger partial charge in [0, 0.05) is 25.2 Å². The van der Waals surface area contributed by atoms with Crippen molar-refractivity contribution in [3.05, 3.63) is 24.3 Å². The second-order valence-corrected chi connectivity index (χ2v) is 4.75. The van der Waals surface area contributed by atoms with Crippen molar-refractivity contribution in [3.8, 4) is 0 Å². The fourth-order valence-electron chi connectivity index (χ4n) is 2.50. The maximum absolute atomic E-state index is 10.7. The summed E-state index contributed by atoms with van der Waals surface area (Å²) in [6, 6.07) is 2.30. The number of hydrogen-bond acceptors (Lipinski definition) is 4. The van der Waals surface area contributed by atoms with Gasteiger partial charge in [-0.05, 0) is 31.9 Å². The molecular formula is C13H19N3O2. The third-order valence-electron chi connectivity index (χ3n) is 3.45. The van der Waals surface area contributed by atoms with E-state index in [-0.39, 0.29) is 6.42 Å². The molecule has 0 saturated carbocycles. The maximum Gasteiger partial charge on any atom is 0.303 e. The van der Waals surface area contributed by atoms with Crippen LogP contribution in [0.2, 0.25) is 0 Å². The van der Waals surface area contributed by atoms with Gasteiger partial charge in [-0.25, -0.2) is 9.97 Å². The molecule has 1 aromatic heterocycles. The minimum atomic E-state index is -0.706. The van der Waals surface area contributed by atoms with E-state index in [2.05, 4.69) is 14.9 Å². The molecule has 1 aliphatic heterocycles. The molecule has 2 rings (SSSR count). The second-order valence-electron chi connectivity index (χ2n) is 4.75. The van der Waals surface area contributed by atoms with Crippen LogP contribution < -0.4 is 0 Å². The first-order valence-electron chi connectivity index (χ1n) is 6.46. The third kappa shape index (κ3) is 3.77. The summed E-state index contributed by atoms with van der Waals surface area (Å²) in [6.45, 7) is 1.83. The van der Waals surface area contributed by atoms with Gasteiger partial charge >= 0.3 is 5.97 Å². The number of rotatable bonds is 5. The van der Waals surface area contributed by atoms with Gasteiger partial charge in [0.1, 0.15) is 6.33 Å². The molecule has 1 fully saturated rings. The van der Waals surface area contributed by atoms with E-state index in [1.807, 2.05) is 6.07 Å². The fourth-order valence-corrected chi connectivity index (χ4v) is 2.50. The van der Waals surface area contributed by atoms with Gasteiger partial charge in [-0.1, -0.05) is 6.42 Å². The number of carboxylic acids is 1. The normalized spacial score (nSPS) is 20.8. The van der Waals surface area contributed by atoms with Crippen molar-refractivity contribution in [2.45, 2.75) is 44.7 Å². The van der Waals surface area contributed by atoms with Gasteiger partial charge in [-0.15, -0.1) is 0 Å². The van der Waals surface area contributed by atoms with Gasteiger partial charge in [0.25, 0.3) is 0 Å². The molecule has 5 nitrogen and oxygen atoms in total. The van der Waals surface area contributed by atoms with Gasteiger partial charge in [0.05, 0.1) is 5.69 Å². The minimum absolute atomic E-state index is 0.255. The van der Waals surface area contributed by atoms with Crippen LogP contribution in [0.1, 0.15) is 37.8 Å². The molecule has 1 aliphatic rings. The lowest BCUT2D eigenvalue weighted by Crippen LogP contribution is -2.39. The van der Waals surface area contributed by atoms with Crippen LogP contribution in [0.15, 0.2) is 18.6 Å². The largest absolute Gasteiger partial charge is 0.481 e. The lowest BCUT2D eigenvalue weighted by atomic mass is 9.97. The quantitative estimate of drug-likeness (QED) is 0.860. The Bertz CT molecular complexity index is 383. The summed E-state index contributed by atoms with van der Waals surface area (Å²) in [7, 11) is 0. The molecule has 0 amide bonds. The van der Waals surface area contributed by atoms with Crippen molar-refractivity contribution in [2.24, 2.45) is 0 Å². The molecule has 18 heavy (non-hydrogen) atoms. The molecule has 1 aromatic rings. The Hall–Kier alpha value is -1.49. The van der Waals surface area contributed by atoms with Crippen molar-refractivity contribution in [3.63, 3.8) is 0 Å². The molecule has 1 unspecified atom stereocenters. The number of likely N-dealkylation sites (tertiary alicyclic amines) is 1. The molecule has 2 heterocycles. The Kier molecular flexibility index (Phi) is 4.64. The third-order valence-corrected chi connectivity index (χ3v) is 3.45. The zero-order valence-electron chi connectivity index (χ0n) is 10.5. The van der Waals surface area contributed by atoms with E-state index in [0.717, 1.165) is 31.6 Å². The smallest absolute Gasteiger partial charge is 0.303 e. The predicted molar refractivity (Wildman–Crippen MR) is 67.0 cm³/mol. The van der Waals surface area contributed by atoms with Crippen molar-refractivity contribution < 1.29 is 9.90 Å². The van der Waals surface area contributed by atoms with Crippen molar-refractivity contribution in [1.29, 1.82) is 0 Å². The number of hydrogen-bond donors (Lipinski definition) is 1. The number of carbonyl (C=O) groups is 1. The Morgan fingerprint density at radius 2 is 2.39 bits per heavy atom. The van der Waals surface area contributed by atoms with Crippen molar-refractivity contribution in [2.75, 3.05) is 6.54 Å². The van der Waals surface area contributed by atoms with Gasteiger partial charge in [-0.2, -0.15) is 0 Å². The molecule has 0 aromatic carbocycles. The second kappa shape index (κ2) is 6.44. The zero-order chi connectivity index (χ0) is 12.8. The van der Waals surface area contributed by atoms with Gasteiger partial charge in [0.2, 0.25) is 0 Å². The fraction of sp³-hybridized carbons (Fsp3) is 0.615. The number of nitrogens with zero attached hydrogens (tertiary/aromatic N) is 3. The number of aromatic nitrogens is 2. The minimum Gasteiger partial charge on any atom is -0.481 e. The SMILES string of the molecule is O=C(O)CCC1CCCCN1Cc1ccncn1. The highest BCUT2D eigenvalue weighted by Crippen LogP contribution is 2.22. The Morgan fingerprint density at radius 3 is 3.11 bits per heavy atom. The first kappa shape index (κ1) is 13.0. The molecule has 1 saturated heterocycles. The van der Waals surface area contributed by atoms with E-state index in [9.17, 15) is 4.79 Å². The summed E-state index contributed by atoms with van der Waals surface area (Å²) < 4.78 is 0. The van der Waals surface area contributed by atoms with E-state index < -0.39 is 5.97 Å². The lowest BCUT2D eigenvalue weighted by Gasteiger charge is -2.35. The summed E-state index contributed by atoms with van der Waals surface area (Å²) in [4.78, 5) is 21.2. The molecule has 98 valence electrons. The monoisotopic (exact) mass is 249 g/mol. The van der Waals surface area contributed by atoms with E-state index >= 15 is 0 Å². The van der Waals surface area contributed by atoms with Gasteiger partial charge < -0.3 is 5.11 Å². The number of piperidine rings is 1. The van der Waals surface area contributed by atoms with Gasteiger partial charge in [0.15, 0.2) is 0 Å². The summed E-state index contributed by atoms with van der Waals surface area (Å²) >= 11 is 0. The molecule has 1 atom stereocenters. The first-order chi connectivity index (χ1) is 8.75. The first-order valence-corrected chi connectivity index (χ1v) is 6.46. The van der Waals surface area contributed by atoms with E-state index in [0.29, 0.717) is 6.04 Å². The van der Waals surface area contributed by atoms with Crippen LogP contribution in [0.3, 0.4) is 0 Å². The average molecular weight is 249 g/mol. The highest BCUT2D eigenvalue weighted by molar-refractivity contribution is 5.66. The van der Waals surface area contributed by atoms with Crippen LogP contribution >= 0.6 is 0 Å². The molecule has 5 heteroatoms. The maximum atomic E-state index is 10.7. The van der Waals surface area contributed by atoms with Crippen LogP contribution in [-0.2, 0) is 11.3 Å². The molecule has 1 N–H and O–H groups in total. The van der Waals surface area contributed by atoms with Crippen molar-refractivity contribution in [1.82, 2.24) is 14.9 Å². The van der Waals surface area contributed by atoms with E-state index in [1.54, 1.807) is 12.5 Å². The molecule has 0 bridgehead atoms. The molecule has 0 aliphatic carbocycles. The Balaban J connectivity index is 1.93. The lowest BCUT2D eigenvalue weighted by molar-refractivity contribution is -0.137. The van der Waals surface area contributed by atoms with Crippen LogP contribution in [-0.4, -0.2) is 38.5 Å². The number of carboxylic acid groups (broad SMARTS) is 1. The van der Waals surface area contributed by atoms with Crippen LogP contribution in [0, 0.1) is 0 Å². The van der Waals surface area contributed by atoms with Gasteiger partial charge in [-0.3, -0.25) is 9.69 Å². The van der Waals surface area contributed by atoms with Crippen molar-refractivity contribution >= 4 is 5.97 Å². The molecule has 0 radical (unpaired) electrons. The highest BCUT2D eigenvalue weighted by Gasteiger charge is 2.23. The van der Waals surface area contributed by atoms with E-state index in [1.165, 1.54) is 12.8 Å². The number of aliphatic carboxylic acids is 1. The van der Waals surface area contributed by atoms with E-state index in [4.69, 9.17) is 5.11 Å². The average Bonchev–Trinajstić information content (AvgIpc) is 2.39. The Labute approximate surface area is 107 Å². The molecular weight excluding hydrogens is 230 g/mol. The van der Waals surface area contributed by atoms with Crippen LogP contribution in [0.5, 0.6) is 0 Å². The molecule has 0 spiro atoms. The van der Waals surface area contributed by atoms with Crippen LogP contribution in [0.4, 0.5) is 0 Å².